The quantitative estimate of drug-likeness (QED) is 0.800. The van der Waals surface area contributed by atoms with Gasteiger partial charge in [-0.25, -0.2) is 4.39 Å². The molecule has 0 bridgehead atoms. The molecule has 0 aliphatic carbocycles. The Morgan fingerprint density at radius 3 is 2.53 bits per heavy atom. The molecular formula is C11H14FNO2. The lowest BCUT2D eigenvalue weighted by Crippen LogP contribution is -2.27. The highest BCUT2D eigenvalue weighted by Gasteiger charge is 2.03. The van der Waals surface area contributed by atoms with Crippen molar-refractivity contribution in [1.29, 1.82) is 0 Å². The summed E-state index contributed by atoms with van der Waals surface area (Å²) in [6, 6.07) is 6.24. The second-order valence-electron chi connectivity index (χ2n) is 3.51. The van der Waals surface area contributed by atoms with Crippen molar-refractivity contribution in [1.82, 2.24) is 4.90 Å². The molecule has 1 rings (SSSR count). The predicted octanol–water partition coefficient (Wildman–Crippen LogP) is 1.38. The Morgan fingerprint density at radius 1 is 1.40 bits per heavy atom. The van der Waals surface area contributed by atoms with Crippen molar-refractivity contribution in [3.8, 4) is 0 Å². The molecule has 0 saturated heterocycles. The Kier molecular flexibility index (Phi) is 4.24. The third-order valence-electron chi connectivity index (χ3n) is 2.10. The Hall–Kier alpha value is -1.42. The Balaban J connectivity index is 2.36. The molecule has 0 aliphatic rings. The lowest BCUT2D eigenvalue weighted by molar-refractivity contribution is -0.137. The number of hydrogen-bond donors (Lipinski definition) is 1. The van der Waals surface area contributed by atoms with E-state index in [2.05, 4.69) is 0 Å². The van der Waals surface area contributed by atoms with Crippen LogP contribution in [0.25, 0.3) is 0 Å². The molecule has 0 fully saturated rings. The maximum absolute atomic E-state index is 12.6. The molecule has 1 aromatic carbocycles. The molecule has 0 atom stereocenters. The summed E-state index contributed by atoms with van der Waals surface area (Å²) >= 11 is 0. The normalized spacial score (nSPS) is 10.6. The number of carboxylic acid groups (broad SMARTS) is 1. The first-order valence-electron chi connectivity index (χ1n) is 4.72. The summed E-state index contributed by atoms with van der Waals surface area (Å²) in [7, 11) is 1.75. The van der Waals surface area contributed by atoms with Crippen LogP contribution in [0.2, 0.25) is 0 Å². The molecule has 0 heterocycles. The molecule has 0 aliphatic heterocycles. The maximum Gasteiger partial charge on any atom is 0.317 e. The van der Waals surface area contributed by atoms with E-state index in [0.717, 1.165) is 12.0 Å². The van der Waals surface area contributed by atoms with Crippen LogP contribution >= 0.6 is 0 Å². The van der Waals surface area contributed by atoms with Crippen LogP contribution in [0.15, 0.2) is 24.3 Å². The zero-order valence-electron chi connectivity index (χ0n) is 8.61. The summed E-state index contributed by atoms with van der Waals surface area (Å²) in [6.07, 6.45) is 0.726. The second-order valence-corrected chi connectivity index (χ2v) is 3.51. The molecular weight excluding hydrogens is 197 g/mol. The highest BCUT2D eigenvalue weighted by Crippen LogP contribution is 2.03. The molecule has 0 radical (unpaired) electrons. The minimum atomic E-state index is -0.836. The maximum atomic E-state index is 12.6. The molecule has 0 amide bonds. The number of nitrogens with zero attached hydrogens (tertiary/aromatic N) is 1. The number of rotatable bonds is 5. The van der Waals surface area contributed by atoms with Gasteiger partial charge in [0.15, 0.2) is 0 Å². The van der Waals surface area contributed by atoms with Crippen LogP contribution in [0.5, 0.6) is 0 Å². The smallest absolute Gasteiger partial charge is 0.317 e. The van der Waals surface area contributed by atoms with Gasteiger partial charge in [0.1, 0.15) is 5.82 Å². The van der Waals surface area contributed by atoms with Crippen molar-refractivity contribution in [3.05, 3.63) is 35.6 Å². The second kappa shape index (κ2) is 5.46. The van der Waals surface area contributed by atoms with Crippen molar-refractivity contribution in [2.75, 3.05) is 20.1 Å². The van der Waals surface area contributed by atoms with Crippen molar-refractivity contribution in [2.24, 2.45) is 0 Å². The van der Waals surface area contributed by atoms with Gasteiger partial charge in [-0.1, -0.05) is 12.1 Å². The first-order chi connectivity index (χ1) is 7.08. The van der Waals surface area contributed by atoms with Gasteiger partial charge in [-0.15, -0.1) is 0 Å². The van der Waals surface area contributed by atoms with Crippen LogP contribution < -0.4 is 0 Å². The summed E-state index contributed by atoms with van der Waals surface area (Å²) in [4.78, 5) is 12.1. The lowest BCUT2D eigenvalue weighted by atomic mass is 10.1. The molecule has 0 aromatic heterocycles. The molecule has 4 heteroatoms. The van der Waals surface area contributed by atoms with Crippen molar-refractivity contribution in [2.45, 2.75) is 6.42 Å². The number of benzene rings is 1. The fourth-order valence-corrected chi connectivity index (χ4v) is 1.28. The third kappa shape index (κ3) is 4.56. The molecule has 3 nitrogen and oxygen atoms in total. The van der Waals surface area contributed by atoms with Crippen molar-refractivity contribution in [3.63, 3.8) is 0 Å². The number of carbonyl (C=O) groups is 1. The van der Waals surface area contributed by atoms with Gasteiger partial charge < -0.3 is 5.11 Å². The monoisotopic (exact) mass is 211 g/mol. The molecule has 82 valence electrons. The fraction of sp³-hybridized carbons (Fsp3) is 0.364. The average Bonchev–Trinajstić information content (AvgIpc) is 2.16. The fourth-order valence-electron chi connectivity index (χ4n) is 1.28. The molecule has 1 N–H and O–H groups in total. The van der Waals surface area contributed by atoms with Crippen LogP contribution in [0.3, 0.4) is 0 Å². The van der Waals surface area contributed by atoms with E-state index in [0.29, 0.717) is 6.54 Å². The highest BCUT2D eigenvalue weighted by atomic mass is 19.1. The number of halogens is 1. The van der Waals surface area contributed by atoms with E-state index in [-0.39, 0.29) is 12.4 Å². The van der Waals surface area contributed by atoms with Gasteiger partial charge in [-0.3, -0.25) is 9.69 Å². The first kappa shape index (κ1) is 11.7. The summed E-state index contributed by atoms with van der Waals surface area (Å²) in [5, 5.41) is 8.53. The summed E-state index contributed by atoms with van der Waals surface area (Å²) < 4.78 is 12.6. The zero-order chi connectivity index (χ0) is 11.3. The van der Waals surface area contributed by atoms with Crippen LogP contribution in [-0.2, 0) is 11.2 Å². The highest BCUT2D eigenvalue weighted by molar-refractivity contribution is 5.68. The Bertz CT molecular complexity index is 324. The summed E-state index contributed by atoms with van der Waals surface area (Å²) in [5.74, 6) is -1.09. The molecule has 1 aromatic rings. The average molecular weight is 211 g/mol. The van der Waals surface area contributed by atoms with Crippen molar-refractivity contribution < 1.29 is 14.3 Å². The summed E-state index contributed by atoms with van der Waals surface area (Å²) in [6.45, 7) is 0.680. The predicted molar refractivity (Wildman–Crippen MR) is 55.2 cm³/mol. The van der Waals surface area contributed by atoms with Crippen LogP contribution in [0.4, 0.5) is 4.39 Å². The van der Waals surface area contributed by atoms with E-state index in [1.165, 1.54) is 12.1 Å². The largest absolute Gasteiger partial charge is 0.480 e. The van der Waals surface area contributed by atoms with E-state index >= 15 is 0 Å². The van der Waals surface area contributed by atoms with E-state index < -0.39 is 5.97 Å². The van der Waals surface area contributed by atoms with Gasteiger partial charge in [-0.2, -0.15) is 0 Å². The Morgan fingerprint density at radius 2 is 2.00 bits per heavy atom. The van der Waals surface area contributed by atoms with Gasteiger partial charge in [0.2, 0.25) is 0 Å². The Labute approximate surface area is 88.1 Å². The third-order valence-corrected chi connectivity index (χ3v) is 2.10. The lowest BCUT2D eigenvalue weighted by Gasteiger charge is -2.13. The van der Waals surface area contributed by atoms with E-state index in [4.69, 9.17) is 5.11 Å². The first-order valence-corrected chi connectivity index (χ1v) is 4.72. The van der Waals surface area contributed by atoms with Gasteiger partial charge in [-0.05, 0) is 31.2 Å². The number of likely N-dealkylation sites (N-methyl/N-ethyl adjacent to an activating group) is 1. The molecule has 0 saturated carbocycles. The zero-order valence-corrected chi connectivity index (χ0v) is 8.61. The number of aliphatic carboxylic acids is 1. The number of carboxylic acids is 1. The van der Waals surface area contributed by atoms with Gasteiger partial charge in [0.05, 0.1) is 6.54 Å². The molecule has 0 unspecified atom stereocenters. The van der Waals surface area contributed by atoms with Crippen LogP contribution in [0.1, 0.15) is 5.56 Å². The molecule has 0 spiro atoms. The van der Waals surface area contributed by atoms with Crippen LogP contribution in [-0.4, -0.2) is 36.1 Å². The van der Waals surface area contributed by atoms with E-state index in [1.54, 1.807) is 24.1 Å². The van der Waals surface area contributed by atoms with E-state index in [1.807, 2.05) is 0 Å². The topological polar surface area (TPSA) is 40.5 Å². The number of hydrogen-bond acceptors (Lipinski definition) is 2. The summed E-state index contributed by atoms with van der Waals surface area (Å²) in [5.41, 5.74) is 1.01. The van der Waals surface area contributed by atoms with Crippen molar-refractivity contribution >= 4 is 5.97 Å². The van der Waals surface area contributed by atoms with E-state index in [9.17, 15) is 9.18 Å². The van der Waals surface area contributed by atoms with Gasteiger partial charge in [0.25, 0.3) is 0 Å². The molecule has 15 heavy (non-hydrogen) atoms. The minimum Gasteiger partial charge on any atom is -0.480 e. The standard InChI is InChI=1S/C11H14FNO2/c1-13(8-11(14)15)7-6-9-2-4-10(12)5-3-9/h2-5H,6-8H2,1H3,(H,14,15). The van der Waals surface area contributed by atoms with Gasteiger partial charge in [0, 0.05) is 6.54 Å². The van der Waals surface area contributed by atoms with Gasteiger partial charge >= 0.3 is 5.97 Å². The SMILES string of the molecule is CN(CCc1ccc(F)cc1)CC(=O)O. The minimum absolute atomic E-state index is 0.0290. The van der Waals surface area contributed by atoms with Crippen LogP contribution in [0, 0.1) is 5.82 Å².